The van der Waals surface area contributed by atoms with Crippen molar-refractivity contribution in [2.75, 3.05) is 38.0 Å². The van der Waals surface area contributed by atoms with Crippen molar-refractivity contribution in [3.05, 3.63) is 56.4 Å². The van der Waals surface area contributed by atoms with Crippen molar-refractivity contribution in [3.63, 3.8) is 0 Å². The summed E-state index contributed by atoms with van der Waals surface area (Å²) in [6.07, 6.45) is 2.43. The highest BCUT2D eigenvalue weighted by Crippen LogP contribution is 2.44. The average molecular weight is 510 g/mol. The lowest BCUT2D eigenvalue weighted by molar-refractivity contribution is -0.385. The van der Waals surface area contributed by atoms with E-state index in [0.717, 1.165) is 4.90 Å². The van der Waals surface area contributed by atoms with Crippen LogP contribution in [0.2, 0.25) is 0 Å². The number of hydrogen-bond donors (Lipinski definition) is 2. The zero-order valence-electron chi connectivity index (χ0n) is 19.3. The molecule has 1 unspecified atom stereocenters. The van der Waals surface area contributed by atoms with Crippen molar-refractivity contribution < 1.29 is 28.8 Å². The molecule has 1 atom stereocenters. The van der Waals surface area contributed by atoms with E-state index in [1.807, 2.05) is 6.26 Å². The Balaban J connectivity index is 2.75. The number of rotatable bonds is 12. The molecule has 1 aliphatic heterocycles. The average Bonchev–Trinajstić information content (AvgIpc) is 2.82. The zero-order chi connectivity index (χ0) is 25.3. The van der Waals surface area contributed by atoms with E-state index in [2.05, 4.69) is 10.6 Å². The van der Waals surface area contributed by atoms with E-state index >= 15 is 0 Å². The minimum atomic E-state index is -1.07. The Kier molecular flexibility index (Phi) is 10.5. The van der Waals surface area contributed by atoms with Crippen LogP contribution in [0.1, 0.15) is 25.3 Å². The van der Waals surface area contributed by atoms with Gasteiger partial charge in [-0.2, -0.15) is 11.8 Å². The number of hydrogen-bond acceptors (Lipinski definition) is 10. The van der Waals surface area contributed by atoms with E-state index in [-0.39, 0.29) is 29.0 Å². The molecule has 184 valence electrons. The van der Waals surface area contributed by atoms with Crippen LogP contribution in [0.3, 0.4) is 0 Å². The predicted octanol–water partition coefficient (Wildman–Crippen LogP) is 2.75. The van der Waals surface area contributed by atoms with E-state index < -0.39 is 22.8 Å². The molecule has 1 heterocycles. The number of methoxy groups -OCH3 is 1. The molecule has 0 bridgehead atoms. The molecule has 34 heavy (non-hydrogen) atoms. The smallest absolute Gasteiger partial charge is 0.336 e. The molecule has 0 aliphatic carbocycles. The summed E-state index contributed by atoms with van der Waals surface area (Å²) in [6.45, 7) is 3.83. The summed E-state index contributed by atoms with van der Waals surface area (Å²) in [5, 5.41) is 17.6. The first kappa shape index (κ1) is 27.3. The number of nitrogens with zero attached hydrogens (tertiary/aromatic N) is 1. The van der Waals surface area contributed by atoms with Gasteiger partial charge in [-0.25, -0.2) is 9.59 Å². The SMILES string of the molecule is CCOC(=O)C1=C(CSCCNC=O)NC(C)=C(C(=O)OC)C1c1cc(SC)ccc1[N+](=O)[O-]. The number of esters is 2. The Morgan fingerprint density at radius 2 is 2.03 bits per heavy atom. The lowest BCUT2D eigenvalue weighted by atomic mass is 9.79. The molecular formula is C22H27N3O7S2. The molecule has 0 radical (unpaired) electrons. The molecule has 1 amide bonds. The van der Waals surface area contributed by atoms with Gasteiger partial charge in [0.25, 0.3) is 5.69 Å². The number of thioether (sulfide) groups is 2. The molecule has 12 heteroatoms. The van der Waals surface area contributed by atoms with E-state index in [4.69, 9.17) is 9.47 Å². The van der Waals surface area contributed by atoms with E-state index in [0.29, 0.717) is 35.9 Å². The standard InChI is InChI=1S/C22H27N3O7S2/c1-5-32-22(28)20-16(11-34-9-8-23-12-26)24-13(2)18(21(27)31-3)19(20)15-10-14(33-4)6-7-17(15)25(29)30/h6-7,10,12,19,24H,5,8-9,11H2,1-4H3,(H,23,26). The number of benzene rings is 1. The largest absolute Gasteiger partial charge is 0.466 e. The van der Waals surface area contributed by atoms with Crippen LogP contribution in [0.5, 0.6) is 0 Å². The van der Waals surface area contributed by atoms with Crippen molar-refractivity contribution in [1.82, 2.24) is 10.6 Å². The molecule has 10 nitrogen and oxygen atoms in total. The van der Waals surface area contributed by atoms with Gasteiger partial charge in [-0.1, -0.05) is 0 Å². The van der Waals surface area contributed by atoms with Gasteiger partial charge < -0.3 is 20.1 Å². The first-order chi connectivity index (χ1) is 16.3. The van der Waals surface area contributed by atoms with Gasteiger partial charge in [0.05, 0.1) is 35.7 Å². The number of allylic oxidation sites excluding steroid dienone is 1. The van der Waals surface area contributed by atoms with E-state index in [1.165, 1.54) is 36.7 Å². The summed E-state index contributed by atoms with van der Waals surface area (Å²) in [4.78, 5) is 48.6. The summed E-state index contributed by atoms with van der Waals surface area (Å²) in [7, 11) is 1.21. The summed E-state index contributed by atoms with van der Waals surface area (Å²) in [5.74, 6) is -1.56. The maximum atomic E-state index is 13.2. The molecule has 0 aromatic heterocycles. The van der Waals surface area contributed by atoms with Crippen LogP contribution in [0.4, 0.5) is 5.69 Å². The monoisotopic (exact) mass is 509 g/mol. The van der Waals surface area contributed by atoms with Crippen LogP contribution in [0.25, 0.3) is 0 Å². The second-order valence-electron chi connectivity index (χ2n) is 7.01. The number of nitrogens with one attached hydrogen (secondary N) is 2. The fourth-order valence-electron chi connectivity index (χ4n) is 3.57. The van der Waals surface area contributed by atoms with Crippen molar-refractivity contribution in [2.24, 2.45) is 0 Å². The normalized spacial score (nSPS) is 15.5. The number of amides is 1. The molecule has 1 aliphatic rings. The van der Waals surface area contributed by atoms with Crippen LogP contribution in [0.15, 0.2) is 45.6 Å². The molecule has 0 fully saturated rings. The quantitative estimate of drug-likeness (QED) is 0.108. The third-order valence-electron chi connectivity index (χ3n) is 5.01. The lowest BCUT2D eigenvalue weighted by Crippen LogP contribution is -2.34. The fourth-order valence-corrected chi connectivity index (χ4v) is 4.86. The summed E-state index contributed by atoms with van der Waals surface area (Å²) in [5.41, 5.74) is 1.10. The minimum absolute atomic E-state index is 0.0852. The highest BCUT2D eigenvalue weighted by molar-refractivity contribution is 7.99. The topological polar surface area (TPSA) is 137 Å². The Bertz CT molecular complexity index is 1020. The second kappa shape index (κ2) is 13.0. The van der Waals surface area contributed by atoms with Crippen LogP contribution in [-0.2, 0) is 23.9 Å². The van der Waals surface area contributed by atoms with Crippen LogP contribution in [-0.4, -0.2) is 61.3 Å². The third-order valence-corrected chi connectivity index (χ3v) is 6.72. The molecule has 0 saturated carbocycles. The van der Waals surface area contributed by atoms with Gasteiger partial charge in [-0.3, -0.25) is 14.9 Å². The first-order valence-electron chi connectivity index (χ1n) is 10.3. The zero-order valence-corrected chi connectivity index (χ0v) is 21.0. The molecule has 2 N–H and O–H groups in total. The van der Waals surface area contributed by atoms with Crippen LogP contribution >= 0.6 is 23.5 Å². The van der Waals surface area contributed by atoms with Crippen molar-refractivity contribution in [3.8, 4) is 0 Å². The first-order valence-corrected chi connectivity index (χ1v) is 12.7. The number of nitro benzene ring substituents is 1. The van der Waals surface area contributed by atoms with Gasteiger partial charge >= 0.3 is 11.9 Å². The molecule has 0 spiro atoms. The Labute approximate surface area is 206 Å². The van der Waals surface area contributed by atoms with Gasteiger partial charge in [-0.15, -0.1) is 11.8 Å². The van der Waals surface area contributed by atoms with Crippen molar-refractivity contribution in [2.45, 2.75) is 24.7 Å². The Morgan fingerprint density at radius 3 is 2.62 bits per heavy atom. The second-order valence-corrected chi connectivity index (χ2v) is 8.99. The number of carbonyl (C=O) groups is 3. The Hall–Kier alpha value is -2.99. The highest BCUT2D eigenvalue weighted by Gasteiger charge is 2.41. The van der Waals surface area contributed by atoms with Crippen LogP contribution < -0.4 is 10.6 Å². The highest BCUT2D eigenvalue weighted by atomic mass is 32.2. The maximum absolute atomic E-state index is 13.2. The summed E-state index contributed by atoms with van der Waals surface area (Å²) in [6, 6.07) is 4.61. The number of carbonyl (C=O) groups excluding carboxylic acids is 3. The molecule has 1 aromatic carbocycles. The van der Waals surface area contributed by atoms with Gasteiger partial charge in [0, 0.05) is 46.0 Å². The number of ether oxygens (including phenoxy) is 2. The van der Waals surface area contributed by atoms with Crippen LogP contribution in [0, 0.1) is 10.1 Å². The minimum Gasteiger partial charge on any atom is -0.466 e. The lowest BCUT2D eigenvalue weighted by Gasteiger charge is -2.31. The summed E-state index contributed by atoms with van der Waals surface area (Å²) < 4.78 is 10.3. The fraction of sp³-hybridized carbons (Fsp3) is 0.409. The predicted molar refractivity (Wildman–Crippen MR) is 131 cm³/mol. The van der Waals surface area contributed by atoms with Gasteiger partial charge in [0.1, 0.15) is 0 Å². The third kappa shape index (κ3) is 6.32. The number of dihydropyridines is 1. The molecule has 1 aromatic rings. The summed E-state index contributed by atoms with van der Waals surface area (Å²) >= 11 is 2.83. The van der Waals surface area contributed by atoms with E-state index in [1.54, 1.807) is 26.0 Å². The van der Waals surface area contributed by atoms with Crippen molar-refractivity contribution in [1.29, 1.82) is 0 Å². The van der Waals surface area contributed by atoms with E-state index in [9.17, 15) is 24.5 Å². The Morgan fingerprint density at radius 1 is 1.29 bits per heavy atom. The van der Waals surface area contributed by atoms with Crippen molar-refractivity contribution >= 4 is 47.6 Å². The van der Waals surface area contributed by atoms with Gasteiger partial charge in [0.15, 0.2) is 0 Å². The molecule has 2 rings (SSSR count). The molecule has 0 saturated heterocycles. The maximum Gasteiger partial charge on any atom is 0.336 e. The number of nitro groups is 1. The van der Waals surface area contributed by atoms with Gasteiger partial charge in [0.2, 0.25) is 6.41 Å². The molecular weight excluding hydrogens is 482 g/mol. The van der Waals surface area contributed by atoms with Gasteiger partial charge in [-0.05, 0) is 32.2 Å².